The molecule has 2 aromatic carbocycles. The van der Waals surface area contributed by atoms with E-state index in [0.29, 0.717) is 17.2 Å². The third-order valence-corrected chi connectivity index (χ3v) is 4.00. The third kappa shape index (κ3) is 3.80. The van der Waals surface area contributed by atoms with E-state index in [2.05, 4.69) is 31.2 Å². The van der Waals surface area contributed by atoms with Crippen LogP contribution < -0.4 is 4.74 Å². The summed E-state index contributed by atoms with van der Waals surface area (Å²) < 4.78 is 8.49. The molecule has 0 amide bonds. The largest absolute Gasteiger partial charge is 0.494 e. The molecule has 0 saturated carbocycles. The third-order valence-electron chi connectivity index (χ3n) is 3.24. The Morgan fingerprint density at radius 2 is 2.08 bits per heavy atom. The molecular formula is C17H15BrN4OS. The van der Waals surface area contributed by atoms with Gasteiger partial charge in [0.1, 0.15) is 5.75 Å². The van der Waals surface area contributed by atoms with Crippen LogP contribution in [-0.4, -0.2) is 27.7 Å². The monoisotopic (exact) mass is 402 g/mol. The fraction of sp³-hybridized carbons (Fsp3) is 0.118. The zero-order valence-electron chi connectivity index (χ0n) is 12.9. The second-order valence-electron chi connectivity index (χ2n) is 4.92. The minimum absolute atomic E-state index is 0.435. The van der Waals surface area contributed by atoms with E-state index in [-0.39, 0.29) is 0 Å². The first-order valence-electron chi connectivity index (χ1n) is 7.38. The number of aromatic amines is 1. The van der Waals surface area contributed by atoms with Gasteiger partial charge < -0.3 is 4.74 Å². The number of halogens is 1. The molecule has 24 heavy (non-hydrogen) atoms. The van der Waals surface area contributed by atoms with Crippen molar-refractivity contribution >= 4 is 34.4 Å². The number of rotatable bonds is 5. The zero-order chi connectivity index (χ0) is 16.9. The topological polar surface area (TPSA) is 55.2 Å². The fourth-order valence-electron chi connectivity index (χ4n) is 2.16. The maximum absolute atomic E-state index is 5.46. The van der Waals surface area contributed by atoms with Crippen LogP contribution in [0.15, 0.2) is 58.1 Å². The molecule has 0 atom stereocenters. The Hall–Kier alpha value is -2.25. The average Bonchev–Trinajstić information content (AvgIpc) is 2.95. The highest BCUT2D eigenvalue weighted by Gasteiger charge is 2.08. The number of aromatic nitrogens is 3. The van der Waals surface area contributed by atoms with Crippen molar-refractivity contribution in [1.29, 1.82) is 0 Å². The van der Waals surface area contributed by atoms with E-state index in [4.69, 9.17) is 17.0 Å². The number of ether oxygens (including phenoxy) is 1. The molecule has 0 bridgehead atoms. The Morgan fingerprint density at radius 1 is 1.29 bits per heavy atom. The number of nitrogens with zero attached hydrogens (tertiary/aromatic N) is 3. The highest BCUT2D eigenvalue weighted by atomic mass is 79.9. The van der Waals surface area contributed by atoms with E-state index in [0.717, 1.165) is 21.3 Å². The highest BCUT2D eigenvalue weighted by molar-refractivity contribution is 9.10. The summed E-state index contributed by atoms with van der Waals surface area (Å²) >= 11 is 8.73. The van der Waals surface area contributed by atoms with Gasteiger partial charge in [0, 0.05) is 10.0 Å². The molecule has 0 radical (unpaired) electrons. The summed E-state index contributed by atoms with van der Waals surface area (Å²) in [7, 11) is 0. The minimum Gasteiger partial charge on any atom is -0.494 e. The van der Waals surface area contributed by atoms with Gasteiger partial charge in [0.2, 0.25) is 4.77 Å². The van der Waals surface area contributed by atoms with Crippen molar-refractivity contribution in [2.75, 3.05) is 6.61 Å². The summed E-state index contributed by atoms with van der Waals surface area (Å²) in [6.07, 6.45) is 1.74. The van der Waals surface area contributed by atoms with Crippen molar-refractivity contribution in [2.45, 2.75) is 6.92 Å². The molecule has 0 aliphatic heterocycles. The molecule has 0 unspecified atom stereocenters. The first kappa shape index (κ1) is 16.6. The molecule has 1 aromatic heterocycles. The maximum atomic E-state index is 5.46. The Kier molecular flexibility index (Phi) is 5.22. The van der Waals surface area contributed by atoms with Crippen molar-refractivity contribution in [2.24, 2.45) is 5.10 Å². The lowest BCUT2D eigenvalue weighted by atomic mass is 10.2. The summed E-state index contributed by atoms with van der Waals surface area (Å²) in [5.74, 6) is 1.47. The van der Waals surface area contributed by atoms with Crippen molar-refractivity contribution in [3.63, 3.8) is 0 Å². The average molecular weight is 403 g/mol. The molecule has 3 aromatic rings. The number of benzene rings is 2. The molecule has 0 fully saturated rings. The second kappa shape index (κ2) is 7.55. The van der Waals surface area contributed by atoms with Gasteiger partial charge in [-0.2, -0.15) is 14.9 Å². The van der Waals surface area contributed by atoms with Gasteiger partial charge in [0.15, 0.2) is 5.82 Å². The number of H-pyrrole nitrogens is 1. The van der Waals surface area contributed by atoms with Crippen LogP contribution in [0.3, 0.4) is 0 Å². The van der Waals surface area contributed by atoms with Crippen LogP contribution >= 0.6 is 28.1 Å². The Bertz CT molecular complexity index is 915. The molecule has 0 aliphatic carbocycles. The van der Waals surface area contributed by atoms with Crippen molar-refractivity contribution in [3.05, 3.63) is 63.3 Å². The quantitative estimate of drug-likeness (QED) is 0.498. The predicted molar refractivity (Wildman–Crippen MR) is 101 cm³/mol. The molecule has 1 heterocycles. The van der Waals surface area contributed by atoms with Crippen molar-refractivity contribution < 1.29 is 4.74 Å². The van der Waals surface area contributed by atoms with Crippen molar-refractivity contribution in [1.82, 2.24) is 14.9 Å². The van der Waals surface area contributed by atoms with Crippen LogP contribution in [0, 0.1) is 4.77 Å². The summed E-state index contributed by atoms with van der Waals surface area (Å²) in [5, 5.41) is 11.5. The lowest BCUT2D eigenvalue weighted by molar-refractivity contribution is 0.340. The van der Waals surface area contributed by atoms with E-state index >= 15 is 0 Å². The second-order valence-corrected chi connectivity index (χ2v) is 6.22. The SMILES string of the molecule is CCOc1ccc(-c2n[nH]c(=S)n2N=Cc2cccc(Br)c2)cc1. The maximum Gasteiger partial charge on any atom is 0.216 e. The molecular weight excluding hydrogens is 388 g/mol. The van der Waals surface area contributed by atoms with Gasteiger partial charge in [0.05, 0.1) is 12.8 Å². The minimum atomic E-state index is 0.435. The first-order valence-corrected chi connectivity index (χ1v) is 8.58. The van der Waals surface area contributed by atoms with E-state index in [1.54, 1.807) is 10.9 Å². The molecule has 3 rings (SSSR count). The van der Waals surface area contributed by atoms with Crippen LogP contribution in [0.25, 0.3) is 11.4 Å². The van der Waals surface area contributed by atoms with E-state index in [9.17, 15) is 0 Å². The fourth-order valence-corrected chi connectivity index (χ4v) is 2.76. The zero-order valence-corrected chi connectivity index (χ0v) is 15.3. The number of hydrogen-bond acceptors (Lipinski definition) is 4. The number of hydrogen-bond donors (Lipinski definition) is 1. The van der Waals surface area contributed by atoms with Gasteiger partial charge in [-0.25, -0.2) is 5.10 Å². The number of nitrogens with one attached hydrogen (secondary N) is 1. The Balaban J connectivity index is 1.92. The van der Waals surface area contributed by atoms with E-state index in [1.807, 2.05) is 55.5 Å². The van der Waals surface area contributed by atoms with Gasteiger partial charge >= 0.3 is 0 Å². The van der Waals surface area contributed by atoms with E-state index < -0.39 is 0 Å². The molecule has 0 saturated heterocycles. The molecule has 7 heteroatoms. The normalized spacial score (nSPS) is 11.1. The predicted octanol–water partition coefficient (Wildman–Crippen LogP) is 4.65. The lowest BCUT2D eigenvalue weighted by Gasteiger charge is -2.04. The van der Waals surface area contributed by atoms with Crippen LogP contribution in [0.5, 0.6) is 5.75 Å². The summed E-state index contributed by atoms with van der Waals surface area (Å²) in [4.78, 5) is 0. The molecule has 122 valence electrons. The van der Waals surface area contributed by atoms with Crippen LogP contribution in [-0.2, 0) is 0 Å². The summed E-state index contributed by atoms with van der Waals surface area (Å²) in [5.41, 5.74) is 1.86. The molecule has 0 spiro atoms. The standard InChI is InChI=1S/C17H15BrN4OS/c1-2-23-15-8-6-13(7-9-15)16-20-21-17(24)22(16)19-11-12-4-3-5-14(18)10-12/h3-11H,2H2,1H3,(H,21,24). The van der Waals surface area contributed by atoms with Gasteiger partial charge in [-0.1, -0.05) is 28.1 Å². The van der Waals surface area contributed by atoms with Gasteiger partial charge in [0.25, 0.3) is 0 Å². The summed E-state index contributed by atoms with van der Waals surface area (Å²) in [6, 6.07) is 15.5. The summed E-state index contributed by atoms with van der Waals surface area (Å²) in [6.45, 7) is 2.59. The van der Waals surface area contributed by atoms with Gasteiger partial charge in [-0.15, -0.1) is 0 Å². The lowest BCUT2D eigenvalue weighted by Crippen LogP contribution is -1.96. The highest BCUT2D eigenvalue weighted by Crippen LogP contribution is 2.21. The van der Waals surface area contributed by atoms with Crippen LogP contribution in [0.1, 0.15) is 12.5 Å². The Morgan fingerprint density at radius 3 is 2.79 bits per heavy atom. The molecule has 1 N–H and O–H groups in total. The first-order chi connectivity index (χ1) is 11.7. The van der Waals surface area contributed by atoms with Crippen molar-refractivity contribution in [3.8, 4) is 17.1 Å². The van der Waals surface area contributed by atoms with Crippen LogP contribution in [0.4, 0.5) is 0 Å². The molecule has 0 aliphatic rings. The smallest absolute Gasteiger partial charge is 0.216 e. The van der Waals surface area contributed by atoms with E-state index in [1.165, 1.54) is 0 Å². The van der Waals surface area contributed by atoms with Gasteiger partial charge in [-0.05, 0) is 61.1 Å². The van der Waals surface area contributed by atoms with Gasteiger partial charge in [-0.3, -0.25) is 0 Å². The van der Waals surface area contributed by atoms with Crippen LogP contribution in [0.2, 0.25) is 0 Å². The molecule has 5 nitrogen and oxygen atoms in total. The Labute approximate surface area is 153 Å².